The quantitative estimate of drug-likeness (QED) is 0.863. The molecule has 0 aliphatic carbocycles. The number of hydrogen-bond acceptors (Lipinski definition) is 3. The highest BCUT2D eigenvalue weighted by molar-refractivity contribution is 6.44. The molecule has 0 unspecified atom stereocenters. The van der Waals surface area contributed by atoms with E-state index in [9.17, 15) is 4.79 Å². The predicted octanol–water partition coefficient (Wildman–Crippen LogP) is 2.20. The molecule has 2 rings (SSSR count). The maximum atomic E-state index is 11.0. The molecule has 2 radical (unpaired) electrons. The van der Waals surface area contributed by atoms with Crippen molar-refractivity contribution in [3.63, 3.8) is 0 Å². The fourth-order valence-electron chi connectivity index (χ4n) is 1.54. The van der Waals surface area contributed by atoms with Crippen molar-refractivity contribution in [2.45, 2.75) is 6.92 Å². The van der Waals surface area contributed by atoms with Crippen molar-refractivity contribution in [2.75, 3.05) is 5.32 Å². The second-order valence-corrected chi connectivity index (χ2v) is 4.52. The second kappa shape index (κ2) is 5.59. The summed E-state index contributed by atoms with van der Waals surface area (Å²) in [7, 11) is 5.52. The Morgan fingerprint density at radius 1 is 1.26 bits per heavy atom. The fourth-order valence-corrected chi connectivity index (χ4v) is 1.91. The molecule has 1 heterocycles. The van der Waals surface area contributed by atoms with Crippen molar-refractivity contribution >= 4 is 48.2 Å². The number of carbonyl (C=O) groups excluding carboxylic acids is 1. The number of carbonyl (C=O) groups is 1. The Balaban J connectivity index is 2.47. The maximum absolute atomic E-state index is 11.0. The van der Waals surface area contributed by atoms with E-state index in [1.54, 1.807) is 24.3 Å². The molecule has 0 fully saturated rings. The summed E-state index contributed by atoms with van der Waals surface area (Å²) in [4.78, 5) is 19.0. The van der Waals surface area contributed by atoms with Gasteiger partial charge in [-0.05, 0) is 12.1 Å². The molecule has 2 aromatic rings. The molecule has 7 heteroatoms. The zero-order valence-electron chi connectivity index (χ0n) is 9.95. The lowest BCUT2D eigenvalue weighted by atomic mass is 10.1. The van der Waals surface area contributed by atoms with E-state index in [2.05, 4.69) is 15.3 Å². The summed E-state index contributed by atoms with van der Waals surface area (Å²) in [5.74, 6) is -0.162. The van der Waals surface area contributed by atoms with Gasteiger partial charge >= 0.3 is 0 Å². The van der Waals surface area contributed by atoms with E-state index in [-0.39, 0.29) is 21.8 Å². The van der Waals surface area contributed by atoms with Gasteiger partial charge in [-0.2, -0.15) is 0 Å². The summed E-state index contributed by atoms with van der Waals surface area (Å²) >= 11 is 11.8. The van der Waals surface area contributed by atoms with E-state index in [0.29, 0.717) is 16.9 Å². The van der Waals surface area contributed by atoms with Crippen molar-refractivity contribution in [1.29, 1.82) is 0 Å². The van der Waals surface area contributed by atoms with Crippen LogP contribution in [0.5, 0.6) is 0 Å². The lowest BCUT2D eigenvalue weighted by molar-refractivity contribution is -0.114. The average molecular weight is 292 g/mol. The van der Waals surface area contributed by atoms with Gasteiger partial charge in [0.2, 0.25) is 5.91 Å². The van der Waals surface area contributed by atoms with Crippen molar-refractivity contribution in [3.8, 4) is 11.3 Å². The first-order valence-corrected chi connectivity index (χ1v) is 6.09. The molecule has 4 nitrogen and oxygen atoms in total. The monoisotopic (exact) mass is 291 g/mol. The molecule has 19 heavy (non-hydrogen) atoms. The van der Waals surface area contributed by atoms with Crippen LogP contribution in [0.1, 0.15) is 6.92 Å². The number of anilines is 1. The largest absolute Gasteiger partial charge is 0.326 e. The molecule has 0 spiro atoms. The van der Waals surface area contributed by atoms with Gasteiger partial charge in [0.1, 0.15) is 18.7 Å². The van der Waals surface area contributed by atoms with Crippen LogP contribution in [0.3, 0.4) is 0 Å². The molecule has 1 aromatic carbocycles. The predicted molar refractivity (Wildman–Crippen MR) is 77.2 cm³/mol. The van der Waals surface area contributed by atoms with E-state index >= 15 is 0 Å². The standard InChI is InChI=1S/C12H8BCl2N3O/c1-6(19)16-8-4-2-3-7(5-8)9-11(14)18-10(13)12(15)17-9/h2-5H,1H3,(H,16,19). The fraction of sp³-hybridized carbons (Fsp3) is 0.0833. The molecule has 0 aliphatic rings. The van der Waals surface area contributed by atoms with Gasteiger partial charge in [0.05, 0.1) is 0 Å². The van der Waals surface area contributed by atoms with Gasteiger partial charge in [0, 0.05) is 23.8 Å². The summed E-state index contributed by atoms with van der Waals surface area (Å²) < 4.78 is 0. The van der Waals surface area contributed by atoms with E-state index in [4.69, 9.17) is 31.0 Å². The topological polar surface area (TPSA) is 54.9 Å². The summed E-state index contributed by atoms with van der Waals surface area (Å²) in [6.45, 7) is 1.43. The minimum Gasteiger partial charge on any atom is -0.326 e. The van der Waals surface area contributed by atoms with Gasteiger partial charge in [0.15, 0.2) is 5.15 Å². The number of aromatic nitrogens is 2. The Labute approximate surface area is 121 Å². The van der Waals surface area contributed by atoms with Crippen LogP contribution in [0.2, 0.25) is 10.3 Å². The Morgan fingerprint density at radius 2 is 2.00 bits per heavy atom. The van der Waals surface area contributed by atoms with Crippen molar-refractivity contribution in [3.05, 3.63) is 34.6 Å². The number of halogens is 2. The van der Waals surface area contributed by atoms with Gasteiger partial charge in [-0.15, -0.1) is 0 Å². The number of rotatable bonds is 2. The van der Waals surface area contributed by atoms with Crippen LogP contribution in [-0.4, -0.2) is 23.7 Å². The molecule has 0 saturated carbocycles. The molecule has 1 N–H and O–H groups in total. The van der Waals surface area contributed by atoms with Gasteiger partial charge < -0.3 is 5.32 Å². The molecule has 0 aliphatic heterocycles. The summed E-state index contributed by atoms with van der Waals surface area (Å²) in [6.07, 6.45) is 0. The molecule has 94 valence electrons. The highest BCUT2D eigenvalue weighted by Crippen LogP contribution is 2.26. The maximum Gasteiger partial charge on any atom is 0.221 e. The Morgan fingerprint density at radius 3 is 2.68 bits per heavy atom. The van der Waals surface area contributed by atoms with Crippen molar-refractivity contribution in [2.24, 2.45) is 0 Å². The van der Waals surface area contributed by atoms with E-state index in [0.717, 1.165) is 0 Å². The third kappa shape index (κ3) is 3.25. The summed E-state index contributed by atoms with van der Waals surface area (Å²) in [6, 6.07) is 7.03. The van der Waals surface area contributed by atoms with Crippen molar-refractivity contribution in [1.82, 2.24) is 9.97 Å². The first kappa shape index (κ1) is 13.8. The average Bonchev–Trinajstić information content (AvgIpc) is 2.33. The lowest BCUT2D eigenvalue weighted by Crippen LogP contribution is -2.12. The smallest absolute Gasteiger partial charge is 0.221 e. The normalized spacial score (nSPS) is 10.3. The second-order valence-electron chi connectivity index (χ2n) is 3.80. The number of nitrogens with one attached hydrogen (secondary N) is 1. The first-order chi connectivity index (χ1) is 8.97. The first-order valence-electron chi connectivity index (χ1n) is 5.34. The van der Waals surface area contributed by atoms with Crippen LogP contribution in [0.25, 0.3) is 11.3 Å². The SMILES string of the molecule is [B]c1nc(Cl)c(-c2cccc(NC(C)=O)c2)nc1Cl. The molecular weight excluding hydrogens is 284 g/mol. The number of benzene rings is 1. The van der Waals surface area contributed by atoms with E-state index in [1.807, 2.05) is 0 Å². The van der Waals surface area contributed by atoms with Crippen LogP contribution in [-0.2, 0) is 4.79 Å². The Bertz CT molecular complexity index is 649. The Hall–Kier alpha value is -1.59. The van der Waals surface area contributed by atoms with Crippen LogP contribution in [0.15, 0.2) is 24.3 Å². The number of nitrogens with zero attached hydrogens (tertiary/aromatic N) is 2. The number of hydrogen-bond donors (Lipinski definition) is 1. The molecular formula is C12H8BCl2N3O. The van der Waals surface area contributed by atoms with Gasteiger partial charge in [-0.1, -0.05) is 35.3 Å². The van der Waals surface area contributed by atoms with Gasteiger partial charge in [-0.25, -0.2) is 9.97 Å². The zero-order chi connectivity index (χ0) is 14.0. The summed E-state index contributed by atoms with van der Waals surface area (Å²) in [5.41, 5.74) is 1.81. The molecule has 1 amide bonds. The van der Waals surface area contributed by atoms with Gasteiger partial charge in [0.25, 0.3) is 0 Å². The molecule has 0 atom stereocenters. The van der Waals surface area contributed by atoms with Crippen LogP contribution in [0, 0.1) is 0 Å². The van der Waals surface area contributed by atoms with E-state index in [1.165, 1.54) is 6.92 Å². The van der Waals surface area contributed by atoms with Crippen LogP contribution < -0.4 is 10.9 Å². The van der Waals surface area contributed by atoms with E-state index < -0.39 is 0 Å². The highest BCUT2D eigenvalue weighted by atomic mass is 35.5. The molecule has 1 aromatic heterocycles. The minimum atomic E-state index is -0.162. The van der Waals surface area contributed by atoms with Gasteiger partial charge in [-0.3, -0.25) is 4.79 Å². The zero-order valence-corrected chi connectivity index (χ0v) is 11.5. The van der Waals surface area contributed by atoms with Crippen LogP contribution >= 0.6 is 23.2 Å². The lowest BCUT2D eigenvalue weighted by Gasteiger charge is -2.08. The Kier molecular flexibility index (Phi) is 4.07. The third-order valence-electron chi connectivity index (χ3n) is 2.29. The summed E-state index contributed by atoms with van der Waals surface area (Å²) in [5, 5.41) is 2.91. The highest BCUT2D eigenvalue weighted by Gasteiger charge is 2.10. The number of amides is 1. The minimum absolute atomic E-state index is 0.0773. The van der Waals surface area contributed by atoms with Crippen LogP contribution in [0.4, 0.5) is 5.69 Å². The van der Waals surface area contributed by atoms with Crippen molar-refractivity contribution < 1.29 is 4.79 Å². The third-order valence-corrected chi connectivity index (χ3v) is 2.83. The molecule has 0 bridgehead atoms. The molecule has 0 saturated heterocycles.